The monoisotopic (exact) mass is 490 g/mol. The van der Waals surface area contributed by atoms with Crippen molar-refractivity contribution < 1.29 is 5.11 Å². The highest BCUT2D eigenvalue weighted by atomic mass is 16.3. The van der Waals surface area contributed by atoms with E-state index in [1.807, 2.05) is 6.08 Å². The molecule has 2 N–H and O–H groups in total. The fourth-order valence-corrected chi connectivity index (χ4v) is 6.55. The van der Waals surface area contributed by atoms with Crippen molar-refractivity contribution in [1.82, 2.24) is 5.32 Å². The van der Waals surface area contributed by atoms with Crippen molar-refractivity contribution in [2.45, 2.75) is 60.8 Å². The Morgan fingerprint density at radius 1 is 1.00 bits per heavy atom. The standard InChI is InChI=1S/C32H34N4O/c1-8-19-15(4)23-12-25-17(6)21(10-3)31(35-25)22-11-29(37)30-18(7)26(36-32(22)30)14-28-20(9-2)16(5)24(34-28)13-27(19)33-23/h8,12-14,17,21,35,37H,1,9-11H2,2-7H3/t17-,21-/m0/s1. The molecule has 1 aliphatic carbocycles. The third kappa shape index (κ3) is 3.33. The molecule has 0 saturated carbocycles. The third-order valence-electron chi connectivity index (χ3n) is 8.74. The lowest BCUT2D eigenvalue weighted by Gasteiger charge is -2.15. The summed E-state index contributed by atoms with van der Waals surface area (Å²) in [5.74, 6) is 1.05. The molecular formula is C32H34N4O. The van der Waals surface area contributed by atoms with Gasteiger partial charge in [-0.1, -0.05) is 33.4 Å². The minimum atomic E-state index is 0.306. The van der Waals surface area contributed by atoms with Crippen molar-refractivity contribution in [2.75, 3.05) is 0 Å². The van der Waals surface area contributed by atoms with Crippen molar-refractivity contribution in [3.63, 3.8) is 0 Å². The highest BCUT2D eigenvalue weighted by Crippen LogP contribution is 2.46. The van der Waals surface area contributed by atoms with Crippen molar-refractivity contribution in [1.29, 1.82) is 0 Å². The van der Waals surface area contributed by atoms with Crippen LogP contribution in [0.1, 0.15) is 60.8 Å². The molecule has 5 heteroatoms. The van der Waals surface area contributed by atoms with Crippen LogP contribution in [0.3, 0.4) is 0 Å². The molecule has 0 aromatic rings. The quantitative estimate of drug-likeness (QED) is 0.437. The molecule has 188 valence electrons. The Bertz CT molecular complexity index is 1540. The molecule has 0 unspecified atom stereocenters. The Morgan fingerprint density at radius 2 is 1.73 bits per heavy atom. The maximum absolute atomic E-state index is 11.1. The summed E-state index contributed by atoms with van der Waals surface area (Å²) < 4.78 is 0. The molecule has 37 heavy (non-hydrogen) atoms. The van der Waals surface area contributed by atoms with Gasteiger partial charge in [-0.05, 0) is 74.1 Å². The molecule has 8 bridgehead atoms. The zero-order valence-corrected chi connectivity index (χ0v) is 22.6. The van der Waals surface area contributed by atoms with E-state index >= 15 is 0 Å². The first kappa shape index (κ1) is 23.7. The van der Waals surface area contributed by atoms with Crippen LogP contribution in [0.4, 0.5) is 0 Å². The fraction of sp³-hybridized carbons (Fsp3) is 0.344. The second kappa shape index (κ2) is 8.41. The van der Waals surface area contributed by atoms with Crippen LogP contribution >= 0.6 is 0 Å². The number of nitrogens with zero attached hydrogens (tertiary/aromatic N) is 3. The van der Waals surface area contributed by atoms with E-state index in [0.29, 0.717) is 24.0 Å². The van der Waals surface area contributed by atoms with Crippen LogP contribution in [-0.2, 0) is 0 Å². The second-order valence-electron chi connectivity index (χ2n) is 10.6. The number of aliphatic hydroxyl groups excluding tert-OH is 1. The van der Waals surface area contributed by atoms with Crippen LogP contribution < -0.4 is 5.32 Å². The molecule has 5 nitrogen and oxygen atoms in total. The number of aliphatic imine (C=N–C) groups is 3. The average molecular weight is 491 g/mol. The third-order valence-corrected chi connectivity index (χ3v) is 8.74. The smallest absolute Gasteiger partial charge is 0.106 e. The van der Waals surface area contributed by atoms with E-state index in [1.165, 1.54) is 16.8 Å². The van der Waals surface area contributed by atoms with Crippen molar-refractivity contribution in [3.8, 4) is 0 Å². The van der Waals surface area contributed by atoms with Crippen LogP contribution in [0.5, 0.6) is 0 Å². The maximum atomic E-state index is 11.1. The van der Waals surface area contributed by atoms with Crippen LogP contribution in [-0.4, -0.2) is 22.2 Å². The molecular weight excluding hydrogens is 456 g/mol. The normalized spacial score (nSPS) is 26.5. The number of hydrogen-bond acceptors (Lipinski definition) is 5. The van der Waals surface area contributed by atoms with Gasteiger partial charge < -0.3 is 10.4 Å². The Balaban J connectivity index is 1.65. The van der Waals surface area contributed by atoms with Gasteiger partial charge in [-0.2, -0.15) is 0 Å². The summed E-state index contributed by atoms with van der Waals surface area (Å²) in [5.41, 5.74) is 15.5. The Kier molecular flexibility index (Phi) is 5.37. The van der Waals surface area contributed by atoms with Gasteiger partial charge in [0.25, 0.3) is 0 Å². The summed E-state index contributed by atoms with van der Waals surface area (Å²) >= 11 is 0. The Hall–Kier alpha value is -3.73. The summed E-state index contributed by atoms with van der Waals surface area (Å²) in [6.45, 7) is 17.1. The van der Waals surface area contributed by atoms with Crippen molar-refractivity contribution in [2.24, 2.45) is 26.8 Å². The van der Waals surface area contributed by atoms with Gasteiger partial charge >= 0.3 is 0 Å². The molecule has 0 aromatic carbocycles. The molecule has 6 aliphatic rings. The van der Waals surface area contributed by atoms with Gasteiger partial charge in [-0.3, -0.25) is 0 Å². The topological polar surface area (TPSA) is 69.3 Å². The number of allylic oxidation sites excluding steroid dienone is 12. The molecule has 2 atom stereocenters. The van der Waals surface area contributed by atoms with Crippen LogP contribution in [0.2, 0.25) is 0 Å². The van der Waals surface area contributed by atoms with E-state index in [-0.39, 0.29) is 0 Å². The van der Waals surface area contributed by atoms with E-state index in [0.717, 1.165) is 80.6 Å². The fourth-order valence-electron chi connectivity index (χ4n) is 6.55. The van der Waals surface area contributed by atoms with Crippen molar-refractivity contribution >= 4 is 17.1 Å². The number of nitrogens with one attached hydrogen (secondary N) is 1. The number of hydrogen-bond donors (Lipinski definition) is 2. The van der Waals surface area contributed by atoms with Gasteiger partial charge in [-0.25, -0.2) is 15.0 Å². The number of aliphatic hydroxyl groups is 1. The average Bonchev–Trinajstić information content (AvgIpc) is 3.61. The SMILES string of the molecule is C=CC1=C(C)C2=NC1=CC1=NC(=CC3=C(C)C4=C(O)CC(=C5NC(=C2)[C@@H](C)[C@@H]5CC)C4=N3)C(CC)=C1C. The summed E-state index contributed by atoms with van der Waals surface area (Å²) in [6, 6.07) is 0. The molecule has 0 spiro atoms. The maximum Gasteiger partial charge on any atom is 0.106 e. The molecule has 0 aromatic heterocycles. The zero-order chi connectivity index (χ0) is 26.2. The first-order chi connectivity index (χ1) is 17.8. The predicted molar refractivity (Wildman–Crippen MR) is 153 cm³/mol. The van der Waals surface area contributed by atoms with E-state index in [1.54, 1.807) is 0 Å². The van der Waals surface area contributed by atoms with Gasteiger partial charge in [-0.15, -0.1) is 0 Å². The summed E-state index contributed by atoms with van der Waals surface area (Å²) in [7, 11) is 0. The highest BCUT2D eigenvalue weighted by Gasteiger charge is 2.40. The van der Waals surface area contributed by atoms with Gasteiger partial charge in [0.15, 0.2) is 0 Å². The van der Waals surface area contributed by atoms with E-state index in [2.05, 4.69) is 71.7 Å². The van der Waals surface area contributed by atoms with E-state index in [4.69, 9.17) is 15.0 Å². The lowest BCUT2D eigenvalue weighted by molar-refractivity contribution is 0.399. The summed E-state index contributed by atoms with van der Waals surface area (Å²) in [4.78, 5) is 15.2. The lowest BCUT2D eigenvalue weighted by Crippen LogP contribution is -2.14. The van der Waals surface area contributed by atoms with Gasteiger partial charge in [0, 0.05) is 46.4 Å². The van der Waals surface area contributed by atoms with Crippen molar-refractivity contribution in [3.05, 3.63) is 104 Å². The van der Waals surface area contributed by atoms with E-state index < -0.39 is 0 Å². The minimum absolute atomic E-state index is 0.306. The van der Waals surface area contributed by atoms with Crippen LogP contribution in [0.25, 0.3) is 0 Å². The predicted octanol–water partition coefficient (Wildman–Crippen LogP) is 7.25. The van der Waals surface area contributed by atoms with E-state index in [9.17, 15) is 5.11 Å². The summed E-state index contributed by atoms with van der Waals surface area (Å²) in [6.07, 6.45) is 10.7. The minimum Gasteiger partial charge on any atom is -0.511 e. The molecule has 5 aliphatic heterocycles. The molecule has 5 heterocycles. The van der Waals surface area contributed by atoms with Gasteiger partial charge in [0.1, 0.15) is 5.76 Å². The van der Waals surface area contributed by atoms with Crippen LogP contribution in [0, 0.1) is 11.8 Å². The first-order valence-electron chi connectivity index (χ1n) is 13.4. The zero-order valence-electron chi connectivity index (χ0n) is 22.6. The molecule has 0 amide bonds. The van der Waals surface area contributed by atoms with Gasteiger partial charge in [0.05, 0.1) is 34.2 Å². The number of fused-ring (bicyclic) bond motifs is 5. The molecule has 0 radical (unpaired) electrons. The van der Waals surface area contributed by atoms with Crippen LogP contribution in [0.15, 0.2) is 119 Å². The summed E-state index contributed by atoms with van der Waals surface area (Å²) in [5, 5.41) is 14.8. The Morgan fingerprint density at radius 3 is 2.43 bits per heavy atom. The number of rotatable bonds is 3. The lowest BCUT2D eigenvalue weighted by atomic mass is 9.87. The molecule has 6 rings (SSSR count). The highest BCUT2D eigenvalue weighted by molar-refractivity contribution is 6.21. The molecule has 1 saturated heterocycles. The van der Waals surface area contributed by atoms with Gasteiger partial charge in [0.2, 0.25) is 0 Å². The Labute approximate surface area is 219 Å². The molecule has 1 fully saturated rings. The first-order valence-corrected chi connectivity index (χ1v) is 13.4. The largest absolute Gasteiger partial charge is 0.511 e. The second-order valence-corrected chi connectivity index (χ2v) is 10.6.